The zero-order valence-corrected chi connectivity index (χ0v) is 11.7. The molecule has 0 N–H and O–H groups in total. The highest BCUT2D eigenvalue weighted by Gasteiger charge is 2.29. The van der Waals surface area contributed by atoms with Gasteiger partial charge in [0.1, 0.15) is 5.78 Å². The lowest BCUT2D eigenvalue weighted by molar-refractivity contribution is -0.138. The molecule has 0 aromatic carbocycles. The van der Waals surface area contributed by atoms with E-state index in [1.165, 1.54) is 0 Å². The Balaban J connectivity index is 2.52. The Labute approximate surface area is 105 Å². The fraction of sp³-hybridized carbons (Fsp3) is 0.857. The second-order valence-electron chi connectivity index (χ2n) is 6.43. The molecule has 0 saturated carbocycles. The van der Waals surface area contributed by atoms with Crippen LogP contribution in [0.15, 0.2) is 0 Å². The summed E-state index contributed by atoms with van der Waals surface area (Å²) in [4.78, 5) is 25.4. The van der Waals surface area contributed by atoms with Gasteiger partial charge in [0.25, 0.3) is 0 Å². The fourth-order valence-corrected chi connectivity index (χ4v) is 1.94. The molecule has 2 unspecified atom stereocenters. The van der Waals surface area contributed by atoms with Crippen molar-refractivity contribution in [2.75, 3.05) is 13.1 Å². The van der Waals surface area contributed by atoms with Crippen LogP contribution in [0.2, 0.25) is 0 Å². The van der Waals surface area contributed by atoms with Gasteiger partial charge in [-0.3, -0.25) is 9.59 Å². The average molecular weight is 239 g/mol. The largest absolute Gasteiger partial charge is 0.342 e. The van der Waals surface area contributed by atoms with Crippen molar-refractivity contribution in [3.05, 3.63) is 0 Å². The molecular weight excluding hydrogens is 214 g/mol. The summed E-state index contributed by atoms with van der Waals surface area (Å²) in [6.07, 6.45) is 1.11. The Morgan fingerprint density at radius 1 is 1.47 bits per heavy atom. The predicted molar refractivity (Wildman–Crippen MR) is 68.6 cm³/mol. The van der Waals surface area contributed by atoms with E-state index in [1.807, 2.05) is 11.8 Å². The van der Waals surface area contributed by atoms with Crippen molar-refractivity contribution in [2.45, 2.75) is 47.5 Å². The summed E-state index contributed by atoms with van der Waals surface area (Å²) >= 11 is 0. The number of Topliss-reactive ketones (excluding diaryl/α,β-unsaturated/α-hetero) is 1. The monoisotopic (exact) mass is 239 g/mol. The number of hydrogen-bond donors (Lipinski definition) is 0. The van der Waals surface area contributed by atoms with Crippen molar-refractivity contribution in [3.8, 4) is 0 Å². The van der Waals surface area contributed by atoms with Gasteiger partial charge in [0.15, 0.2) is 0 Å². The summed E-state index contributed by atoms with van der Waals surface area (Å²) in [6.45, 7) is 11.7. The van der Waals surface area contributed by atoms with Crippen LogP contribution in [0.3, 0.4) is 0 Å². The van der Waals surface area contributed by atoms with E-state index in [-0.39, 0.29) is 23.0 Å². The summed E-state index contributed by atoms with van der Waals surface area (Å²) in [7, 11) is 0. The van der Waals surface area contributed by atoms with Crippen molar-refractivity contribution in [2.24, 2.45) is 17.3 Å². The molecule has 2 atom stereocenters. The molecule has 1 aliphatic heterocycles. The first-order chi connectivity index (χ1) is 7.71. The van der Waals surface area contributed by atoms with Gasteiger partial charge in [-0.05, 0) is 11.3 Å². The smallest absolute Gasteiger partial charge is 0.222 e. The molecule has 0 radical (unpaired) electrons. The topological polar surface area (TPSA) is 37.4 Å². The minimum atomic E-state index is 0.0117. The summed E-state index contributed by atoms with van der Waals surface area (Å²) < 4.78 is 0. The van der Waals surface area contributed by atoms with E-state index in [9.17, 15) is 9.59 Å². The van der Waals surface area contributed by atoms with E-state index >= 15 is 0 Å². The highest BCUT2D eigenvalue weighted by atomic mass is 16.2. The molecule has 1 saturated heterocycles. The predicted octanol–water partition coefficient (Wildman–Crippen LogP) is 2.50. The lowest BCUT2D eigenvalue weighted by atomic mass is 9.80. The van der Waals surface area contributed by atoms with Crippen molar-refractivity contribution in [1.82, 2.24) is 4.90 Å². The first-order valence-corrected chi connectivity index (χ1v) is 6.52. The molecule has 0 aromatic rings. The highest BCUT2D eigenvalue weighted by Crippen LogP contribution is 2.29. The second kappa shape index (κ2) is 5.19. The number of hydrogen-bond acceptors (Lipinski definition) is 2. The van der Waals surface area contributed by atoms with Crippen LogP contribution in [0.1, 0.15) is 47.5 Å². The molecule has 0 aliphatic carbocycles. The number of carbonyl (C=O) groups is 2. The van der Waals surface area contributed by atoms with Gasteiger partial charge in [0.05, 0.1) is 0 Å². The molecule has 3 nitrogen and oxygen atoms in total. The molecule has 0 spiro atoms. The number of rotatable bonds is 2. The van der Waals surface area contributed by atoms with Crippen LogP contribution >= 0.6 is 0 Å². The van der Waals surface area contributed by atoms with Crippen LogP contribution in [0.5, 0.6) is 0 Å². The Morgan fingerprint density at radius 2 is 2.06 bits per heavy atom. The highest BCUT2D eigenvalue weighted by molar-refractivity contribution is 5.85. The molecule has 0 aromatic heterocycles. The van der Waals surface area contributed by atoms with Gasteiger partial charge in [-0.15, -0.1) is 0 Å². The van der Waals surface area contributed by atoms with Gasteiger partial charge in [0, 0.05) is 31.8 Å². The van der Waals surface area contributed by atoms with Crippen molar-refractivity contribution in [3.63, 3.8) is 0 Å². The maximum absolute atomic E-state index is 12.1. The quantitative estimate of drug-likeness (QED) is 0.742. The first kappa shape index (κ1) is 14.2. The molecular formula is C14H25NO2. The Morgan fingerprint density at radius 3 is 2.53 bits per heavy atom. The molecule has 0 bridgehead atoms. The molecule has 1 rings (SSSR count). The van der Waals surface area contributed by atoms with Gasteiger partial charge in [0.2, 0.25) is 5.91 Å². The van der Waals surface area contributed by atoms with Gasteiger partial charge in [-0.1, -0.05) is 34.6 Å². The van der Waals surface area contributed by atoms with Crippen molar-refractivity contribution < 1.29 is 9.59 Å². The Bertz CT molecular complexity index is 304. The van der Waals surface area contributed by atoms with Crippen LogP contribution in [-0.2, 0) is 9.59 Å². The molecule has 1 heterocycles. The van der Waals surface area contributed by atoms with E-state index in [4.69, 9.17) is 0 Å². The molecule has 17 heavy (non-hydrogen) atoms. The maximum atomic E-state index is 12.1. The van der Waals surface area contributed by atoms with Crippen LogP contribution in [-0.4, -0.2) is 29.7 Å². The summed E-state index contributed by atoms with van der Waals surface area (Å²) in [5, 5.41) is 0. The SMILES string of the molecule is CC1CN(C(=O)CC(C)C(C)(C)C)CCC1=O. The maximum Gasteiger partial charge on any atom is 0.222 e. The van der Waals surface area contributed by atoms with Gasteiger partial charge >= 0.3 is 0 Å². The van der Waals surface area contributed by atoms with Gasteiger partial charge in [-0.25, -0.2) is 0 Å². The van der Waals surface area contributed by atoms with Crippen LogP contribution in [0.25, 0.3) is 0 Å². The third-order valence-electron chi connectivity index (χ3n) is 3.98. The number of likely N-dealkylation sites (tertiary alicyclic amines) is 1. The zero-order chi connectivity index (χ0) is 13.2. The van der Waals surface area contributed by atoms with E-state index in [0.29, 0.717) is 31.8 Å². The third kappa shape index (κ3) is 3.83. The molecule has 98 valence electrons. The first-order valence-electron chi connectivity index (χ1n) is 6.52. The number of ketones is 1. The van der Waals surface area contributed by atoms with Gasteiger partial charge in [-0.2, -0.15) is 0 Å². The number of nitrogens with zero attached hydrogens (tertiary/aromatic N) is 1. The molecule has 3 heteroatoms. The van der Waals surface area contributed by atoms with E-state index in [2.05, 4.69) is 27.7 Å². The second-order valence-corrected chi connectivity index (χ2v) is 6.43. The number of piperidine rings is 1. The van der Waals surface area contributed by atoms with E-state index < -0.39 is 0 Å². The lowest BCUT2D eigenvalue weighted by Gasteiger charge is -2.33. The minimum absolute atomic E-state index is 0.0117. The Kier molecular flexibility index (Phi) is 4.34. The molecule has 1 fully saturated rings. The van der Waals surface area contributed by atoms with Crippen molar-refractivity contribution in [1.29, 1.82) is 0 Å². The van der Waals surface area contributed by atoms with Crippen LogP contribution < -0.4 is 0 Å². The average Bonchev–Trinajstić information content (AvgIpc) is 2.20. The lowest BCUT2D eigenvalue weighted by Crippen LogP contribution is -2.44. The number of carbonyl (C=O) groups excluding carboxylic acids is 2. The number of amides is 1. The normalized spacial score (nSPS) is 23.7. The molecule has 1 aliphatic rings. The van der Waals surface area contributed by atoms with Crippen LogP contribution in [0, 0.1) is 17.3 Å². The summed E-state index contributed by atoms with van der Waals surface area (Å²) in [6, 6.07) is 0. The van der Waals surface area contributed by atoms with Gasteiger partial charge < -0.3 is 4.90 Å². The summed E-state index contributed by atoms with van der Waals surface area (Å²) in [5.41, 5.74) is 0.160. The van der Waals surface area contributed by atoms with Crippen molar-refractivity contribution >= 4 is 11.7 Å². The minimum Gasteiger partial charge on any atom is -0.342 e. The Hall–Kier alpha value is -0.860. The van der Waals surface area contributed by atoms with Crippen LogP contribution in [0.4, 0.5) is 0 Å². The summed E-state index contributed by atoms with van der Waals surface area (Å²) in [5.74, 6) is 0.866. The fourth-order valence-electron chi connectivity index (χ4n) is 1.94. The zero-order valence-electron chi connectivity index (χ0n) is 11.7. The molecule has 1 amide bonds. The third-order valence-corrected chi connectivity index (χ3v) is 3.98. The van der Waals surface area contributed by atoms with E-state index in [0.717, 1.165) is 0 Å². The van der Waals surface area contributed by atoms with E-state index in [1.54, 1.807) is 0 Å². The standard InChI is InChI=1S/C14H25NO2/c1-10-9-15(7-6-12(10)16)13(17)8-11(2)14(3,4)5/h10-11H,6-9H2,1-5H3.